The lowest BCUT2D eigenvalue weighted by atomic mass is 9.92. The van der Waals surface area contributed by atoms with Crippen molar-refractivity contribution in [3.63, 3.8) is 0 Å². The third-order valence-corrected chi connectivity index (χ3v) is 4.04. The molecule has 0 aromatic heterocycles. The summed E-state index contributed by atoms with van der Waals surface area (Å²) in [6.07, 6.45) is 3.54. The van der Waals surface area contributed by atoms with Crippen LogP contribution in [0.5, 0.6) is 0 Å². The van der Waals surface area contributed by atoms with E-state index in [1.807, 2.05) is 0 Å². The fraction of sp³-hybridized carbons (Fsp3) is 1.00. The lowest BCUT2D eigenvalue weighted by Crippen LogP contribution is -2.58. The van der Waals surface area contributed by atoms with Crippen LogP contribution in [0.25, 0.3) is 0 Å². The molecule has 3 heterocycles. The van der Waals surface area contributed by atoms with Crippen molar-refractivity contribution in [3.8, 4) is 0 Å². The van der Waals surface area contributed by atoms with Crippen LogP contribution in [0, 0.1) is 5.92 Å². The molecular weight excluding hydrogens is 202 g/mol. The largest absolute Gasteiger partial charge is 0.313 e. The molecule has 92 valence electrons. The van der Waals surface area contributed by atoms with Crippen LogP contribution in [-0.4, -0.2) is 51.1 Å². The Balaban J connectivity index is 1.70. The molecule has 5 N–H and O–H groups in total. The summed E-state index contributed by atoms with van der Waals surface area (Å²) in [5, 5.41) is 18.0. The number of rotatable bonds is 3. The summed E-state index contributed by atoms with van der Waals surface area (Å²) >= 11 is 0. The second-order valence-corrected chi connectivity index (χ2v) is 5.05. The summed E-state index contributed by atoms with van der Waals surface area (Å²) < 4.78 is 0. The van der Waals surface area contributed by atoms with E-state index < -0.39 is 0 Å². The molecule has 5 heteroatoms. The molecule has 0 aromatic carbocycles. The molecule has 5 nitrogen and oxygen atoms in total. The minimum absolute atomic E-state index is 0.457. The van der Waals surface area contributed by atoms with Crippen LogP contribution in [-0.2, 0) is 0 Å². The van der Waals surface area contributed by atoms with Crippen LogP contribution in [0.4, 0.5) is 0 Å². The Morgan fingerprint density at radius 3 is 1.69 bits per heavy atom. The quantitative estimate of drug-likeness (QED) is 0.400. The average Bonchev–Trinajstić information content (AvgIpc) is 3.02. The molecule has 3 aliphatic heterocycles. The van der Waals surface area contributed by atoms with Gasteiger partial charge in [0.25, 0.3) is 0 Å². The molecule has 16 heavy (non-hydrogen) atoms. The van der Waals surface area contributed by atoms with Crippen molar-refractivity contribution in [1.82, 2.24) is 26.6 Å². The molecule has 1 atom stereocenters. The van der Waals surface area contributed by atoms with Crippen LogP contribution in [0.1, 0.15) is 12.8 Å². The van der Waals surface area contributed by atoms with Crippen molar-refractivity contribution in [2.45, 2.75) is 31.2 Å². The van der Waals surface area contributed by atoms with Gasteiger partial charge in [-0.15, -0.1) is 0 Å². The fourth-order valence-electron chi connectivity index (χ4n) is 3.30. The lowest BCUT2D eigenvalue weighted by Gasteiger charge is -2.34. The summed E-state index contributed by atoms with van der Waals surface area (Å²) in [4.78, 5) is 0. The number of nitrogens with one attached hydrogen (secondary N) is 5. The number of hydrogen-bond donors (Lipinski definition) is 5. The first kappa shape index (κ1) is 10.9. The predicted octanol–water partition coefficient (Wildman–Crippen LogP) is -1.61. The van der Waals surface area contributed by atoms with E-state index in [4.69, 9.17) is 0 Å². The van der Waals surface area contributed by atoms with Gasteiger partial charge in [-0.05, 0) is 19.4 Å². The van der Waals surface area contributed by atoms with Gasteiger partial charge in [-0.2, -0.15) is 0 Å². The first-order valence-corrected chi connectivity index (χ1v) is 6.62. The third-order valence-electron chi connectivity index (χ3n) is 4.04. The molecule has 0 radical (unpaired) electrons. The molecule has 3 saturated heterocycles. The Kier molecular flexibility index (Phi) is 3.40. The molecular formula is C11H23N5. The molecule has 1 unspecified atom stereocenters. The zero-order chi connectivity index (χ0) is 10.8. The maximum atomic E-state index is 3.65. The van der Waals surface area contributed by atoms with E-state index >= 15 is 0 Å². The van der Waals surface area contributed by atoms with Gasteiger partial charge in [0.15, 0.2) is 0 Å². The van der Waals surface area contributed by atoms with Crippen molar-refractivity contribution >= 4 is 0 Å². The highest BCUT2D eigenvalue weighted by Crippen LogP contribution is 2.22. The maximum Gasteiger partial charge on any atom is 0.0644 e. The van der Waals surface area contributed by atoms with Crippen molar-refractivity contribution in [2.24, 2.45) is 5.92 Å². The van der Waals surface area contributed by atoms with E-state index in [1.165, 1.54) is 19.4 Å². The predicted molar refractivity (Wildman–Crippen MR) is 64.1 cm³/mol. The first-order valence-electron chi connectivity index (χ1n) is 6.62. The van der Waals surface area contributed by atoms with Crippen molar-refractivity contribution in [1.29, 1.82) is 0 Å². The summed E-state index contributed by atoms with van der Waals surface area (Å²) in [7, 11) is 0. The standard InChI is InChI=1S/C11H23N5/c1-2-8(12-3-1)9(10-13-4-5-14-10)11-15-6-7-16-11/h8-16H,1-7H2. The molecule has 3 fully saturated rings. The zero-order valence-corrected chi connectivity index (χ0v) is 9.76. The molecule has 3 aliphatic rings. The highest BCUT2D eigenvalue weighted by molar-refractivity contribution is 4.97. The van der Waals surface area contributed by atoms with Crippen LogP contribution in [0.2, 0.25) is 0 Å². The van der Waals surface area contributed by atoms with E-state index in [-0.39, 0.29) is 0 Å². The van der Waals surface area contributed by atoms with Crippen LogP contribution in [0.3, 0.4) is 0 Å². The Bertz CT molecular complexity index is 178. The molecule has 0 aliphatic carbocycles. The Morgan fingerprint density at radius 1 is 0.688 bits per heavy atom. The van der Waals surface area contributed by atoms with Gasteiger partial charge in [0.1, 0.15) is 0 Å². The SMILES string of the molecule is C1CNC(C(C2NCCN2)C2NCCN2)C1. The van der Waals surface area contributed by atoms with Crippen molar-refractivity contribution < 1.29 is 0 Å². The van der Waals surface area contributed by atoms with Gasteiger partial charge in [-0.25, -0.2) is 0 Å². The van der Waals surface area contributed by atoms with Crippen LogP contribution in [0.15, 0.2) is 0 Å². The molecule has 3 rings (SSSR count). The Morgan fingerprint density at radius 2 is 1.25 bits per heavy atom. The van der Waals surface area contributed by atoms with Gasteiger partial charge in [-0.1, -0.05) is 0 Å². The molecule has 0 spiro atoms. The highest BCUT2D eigenvalue weighted by atomic mass is 15.3. The summed E-state index contributed by atoms with van der Waals surface area (Å²) in [5.74, 6) is 0.604. The monoisotopic (exact) mass is 225 g/mol. The maximum absolute atomic E-state index is 3.65. The smallest absolute Gasteiger partial charge is 0.0644 e. The molecule has 0 aromatic rings. The van der Waals surface area contributed by atoms with E-state index in [2.05, 4.69) is 26.6 Å². The Hall–Kier alpha value is -0.200. The Labute approximate surface area is 97.1 Å². The van der Waals surface area contributed by atoms with Crippen molar-refractivity contribution in [3.05, 3.63) is 0 Å². The van der Waals surface area contributed by atoms with Gasteiger partial charge in [0.2, 0.25) is 0 Å². The highest BCUT2D eigenvalue weighted by Gasteiger charge is 2.39. The number of hydrogen-bond acceptors (Lipinski definition) is 5. The van der Waals surface area contributed by atoms with Gasteiger partial charge >= 0.3 is 0 Å². The minimum atomic E-state index is 0.457. The third kappa shape index (κ3) is 2.10. The van der Waals surface area contributed by atoms with Crippen LogP contribution >= 0.6 is 0 Å². The second-order valence-electron chi connectivity index (χ2n) is 5.05. The topological polar surface area (TPSA) is 60.1 Å². The molecule has 0 amide bonds. The van der Waals surface area contributed by atoms with E-state index in [1.54, 1.807) is 0 Å². The fourth-order valence-corrected chi connectivity index (χ4v) is 3.30. The summed E-state index contributed by atoms with van der Waals surface area (Å²) in [5.41, 5.74) is 0. The minimum Gasteiger partial charge on any atom is -0.313 e. The van der Waals surface area contributed by atoms with Crippen molar-refractivity contribution in [2.75, 3.05) is 32.7 Å². The first-order chi connectivity index (χ1) is 7.95. The second kappa shape index (κ2) is 4.98. The van der Waals surface area contributed by atoms with Crippen LogP contribution < -0.4 is 26.6 Å². The zero-order valence-electron chi connectivity index (χ0n) is 9.76. The molecule has 0 saturated carbocycles. The van der Waals surface area contributed by atoms with Gasteiger partial charge in [-0.3, -0.25) is 0 Å². The van der Waals surface area contributed by atoms with Gasteiger partial charge in [0.05, 0.1) is 12.3 Å². The van der Waals surface area contributed by atoms with E-state index in [9.17, 15) is 0 Å². The lowest BCUT2D eigenvalue weighted by molar-refractivity contribution is 0.216. The normalized spacial score (nSPS) is 33.2. The van der Waals surface area contributed by atoms with E-state index in [0.717, 1.165) is 26.2 Å². The summed E-state index contributed by atoms with van der Waals surface area (Å²) in [6, 6.07) is 0.645. The average molecular weight is 225 g/mol. The van der Waals surface area contributed by atoms with Gasteiger partial charge < -0.3 is 26.6 Å². The molecule has 0 bridgehead atoms. The van der Waals surface area contributed by atoms with E-state index in [0.29, 0.717) is 24.3 Å². The summed E-state index contributed by atoms with van der Waals surface area (Å²) in [6.45, 7) is 5.57. The van der Waals surface area contributed by atoms with Gasteiger partial charge in [0, 0.05) is 38.1 Å².